The largest absolute Gasteiger partial charge is 0.461 e. The van der Waals surface area contributed by atoms with Crippen molar-refractivity contribution in [1.82, 2.24) is 0 Å². The molecule has 2 rings (SSSR count). The number of fused-ring (bicyclic) bond motifs is 1. The molecule has 1 N–H and O–H groups in total. The van der Waals surface area contributed by atoms with E-state index in [9.17, 15) is 10.1 Å². The lowest BCUT2D eigenvalue weighted by Gasteiger charge is -2.09. The molecule has 0 amide bonds. The van der Waals surface area contributed by atoms with Crippen LogP contribution in [0.2, 0.25) is 0 Å². The Hall–Kier alpha value is -2.17. The van der Waals surface area contributed by atoms with Gasteiger partial charge in [0.25, 0.3) is 0 Å². The Kier molecular flexibility index (Phi) is 3.14. The molecule has 94 valence electrons. The van der Waals surface area contributed by atoms with E-state index in [0.29, 0.717) is 27.7 Å². The molecule has 0 saturated carbocycles. The monoisotopic (exact) mass is 246 g/mol. The lowest BCUT2D eigenvalue weighted by molar-refractivity contribution is 0.300. The Morgan fingerprint density at radius 2 is 2.06 bits per heavy atom. The highest BCUT2D eigenvalue weighted by Gasteiger charge is 2.17. The van der Waals surface area contributed by atoms with Gasteiger partial charge >= 0.3 is 0 Å². The van der Waals surface area contributed by atoms with Crippen LogP contribution in [0.25, 0.3) is 11.0 Å². The summed E-state index contributed by atoms with van der Waals surface area (Å²) in [6.45, 7) is 5.30. The highest BCUT2D eigenvalue weighted by Crippen LogP contribution is 2.22. The van der Waals surface area contributed by atoms with E-state index in [2.05, 4.69) is 10.3 Å². The summed E-state index contributed by atoms with van der Waals surface area (Å²) < 4.78 is 5.64. The molecule has 0 radical (unpaired) electrons. The lowest BCUT2D eigenvalue weighted by Crippen LogP contribution is -2.15. The van der Waals surface area contributed by atoms with E-state index < -0.39 is 6.04 Å². The minimum Gasteiger partial charge on any atom is -0.461 e. The van der Waals surface area contributed by atoms with Crippen LogP contribution >= 0.6 is 0 Å². The predicted octanol–water partition coefficient (Wildman–Crippen LogP) is 3.17. The molecule has 2 aromatic rings. The second-order valence-corrected chi connectivity index (χ2v) is 4.30. The second kappa shape index (κ2) is 4.60. The highest BCUT2D eigenvalue weighted by atomic mass is 16.4. The molecular formula is C13H14N2O3. The van der Waals surface area contributed by atoms with E-state index in [0.717, 1.165) is 5.56 Å². The Morgan fingerprint density at radius 1 is 1.33 bits per heavy atom. The van der Waals surface area contributed by atoms with Crippen molar-refractivity contribution >= 4 is 11.0 Å². The summed E-state index contributed by atoms with van der Waals surface area (Å²) in [5.74, 6) is 0.534. The van der Waals surface area contributed by atoms with Gasteiger partial charge in [0.15, 0.2) is 0 Å². The van der Waals surface area contributed by atoms with Crippen LogP contribution in [0.15, 0.2) is 32.9 Å². The topological polar surface area (TPSA) is 75.2 Å². The molecule has 1 heterocycles. The van der Waals surface area contributed by atoms with E-state index in [1.165, 1.54) is 0 Å². The van der Waals surface area contributed by atoms with Gasteiger partial charge in [0, 0.05) is 10.9 Å². The third-order valence-electron chi connectivity index (χ3n) is 2.96. The van der Waals surface area contributed by atoms with Crippen molar-refractivity contribution in [3.05, 3.63) is 45.4 Å². The van der Waals surface area contributed by atoms with Crippen LogP contribution in [0.1, 0.15) is 29.9 Å². The van der Waals surface area contributed by atoms with Gasteiger partial charge in [-0.15, -0.1) is 0 Å². The van der Waals surface area contributed by atoms with Crippen LogP contribution in [0.4, 0.5) is 0 Å². The molecule has 1 atom stereocenters. The Bertz CT molecular complexity index is 674. The average Bonchev–Trinajstić information content (AvgIpc) is 2.37. The zero-order valence-corrected chi connectivity index (χ0v) is 10.5. The van der Waals surface area contributed by atoms with Crippen molar-refractivity contribution in [3.8, 4) is 0 Å². The summed E-state index contributed by atoms with van der Waals surface area (Å²) in [7, 11) is 0. The fourth-order valence-corrected chi connectivity index (χ4v) is 2.10. The zero-order chi connectivity index (χ0) is 13.3. The highest BCUT2D eigenvalue weighted by molar-refractivity contribution is 5.78. The van der Waals surface area contributed by atoms with Gasteiger partial charge < -0.3 is 9.62 Å². The summed E-state index contributed by atoms with van der Waals surface area (Å²) in [5, 5.41) is 16.5. The summed E-state index contributed by atoms with van der Waals surface area (Å²) in [4.78, 5) is 10.7. The fraction of sp³-hybridized carbons (Fsp3) is 0.308. The van der Waals surface area contributed by atoms with Gasteiger partial charge in [0.05, 0.1) is 0 Å². The van der Waals surface area contributed by atoms with Crippen LogP contribution in [0, 0.1) is 18.8 Å². The smallest absolute Gasteiger partial charge is 0.136 e. The molecule has 1 aromatic carbocycles. The molecule has 0 bridgehead atoms. The molecular weight excluding hydrogens is 232 g/mol. The van der Waals surface area contributed by atoms with Gasteiger partial charge in [0.2, 0.25) is 0 Å². The SMILES string of the molecule is Cc1ccc2oc(C)c(C(C)N=O)c(=NO)c2c1. The van der Waals surface area contributed by atoms with Crippen molar-refractivity contribution in [2.24, 2.45) is 10.3 Å². The number of aryl methyl sites for hydroxylation is 2. The van der Waals surface area contributed by atoms with Gasteiger partial charge in [-0.25, -0.2) is 0 Å². The lowest BCUT2D eigenvalue weighted by atomic mass is 10.0. The number of rotatable bonds is 2. The molecule has 18 heavy (non-hydrogen) atoms. The number of hydrogen-bond donors (Lipinski definition) is 1. The van der Waals surface area contributed by atoms with Crippen LogP contribution in [0.5, 0.6) is 0 Å². The summed E-state index contributed by atoms with van der Waals surface area (Å²) in [6.07, 6.45) is 0. The van der Waals surface area contributed by atoms with Crippen LogP contribution in [-0.2, 0) is 0 Å². The van der Waals surface area contributed by atoms with E-state index in [-0.39, 0.29) is 0 Å². The summed E-state index contributed by atoms with van der Waals surface area (Å²) in [5.41, 5.74) is 2.16. The maximum atomic E-state index is 10.7. The van der Waals surface area contributed by atoms with E-state index in [4.69, 9.17) is 4.42 Å². The quantitative estimate of drug-likeness (QED) is 0.502. The van der Waals surface area contributed by atoms with Crippen LogP contribution in [-0.4, -0.2) is 5.21 Å². The average molecular weight is 246 g/mol. The van der Waals surface area contributed by atoms with Gasteiger partial charge in [0.1, 0.15) is 22.7 Å². The molecule has 0 fully saturated rings. The summed E-state index contributed by atoms with van der Waals surface area (Å²) >= 11 is 0. The van der Waals surface area contributed by atoms with Crippen molar-refractivity contribution in [2.75, 3.05) is 0 Å². The maximum Gasteiger partial charge on any atom is 0.136 e. The molecule has 0 aliphatic carbocycles. The van der Waals surface area contributed by atoms with Crippen molar-refractivity contribution in [3.63, 3.8) is 0 Å². The van der Waals surface area contributed by atoms with E-state index in [1.54, 1.807) is 13.8 Å². The van der Waals surface area contributed by atoms with Crippen LogP contribution < -0.4 is 5.36 Å². The Balaban J connectivity index is 2.96. The van der Waals surface area contributed by atoms with Gasteiger partial charge in [-0.2, -0.15) is 4.91 Å². The van der Waals surface area contributed by atoms with E-state index >= 15 is 0 Å². The van der Waals surface area contributed by atoms with E-state index in [1.807, 2.05) is 25.1 Å². The number of hydrogen-bond acceptors (Lipinski definition) is 5. The van der Waals surface area contributed by atoms with Gasteiger partial charge in [-0.1, -0.05) is 22.0 Å². The normalized spacial score (nSPS) is 13.8. The molecule has 1 aromatic heterocycles. The second-order valence-electron chi connectivity index (χ2n) is 4.30. The van der Waals surface area contributed by atoms with Crippen molar-refractivity contribution in [2.45, 2.75) is 26.8 Å². The molecule has 0 aliphatic heterocycles. The Labute approximate surface area is 104 Å². The van der Waals surface area contributed by atoms with Crippen LogP contribution in [0.3, 0.4) is 0 Å². The third kappa shape index (κ3) is 1.88. The fourth-order valence-electron chi connectivity index (χ4n) is 2.10. The molecule has 1 unspecified atom stereocenters. The molecule has 0 saturated heterocycles. The first-order valence-corrected chi connectivity index (χ1v) is 5.63. The first kappa shape index (κ1) is 12.3. The predicted molar refractivity (Wildman–Crippen MR) is 67.2 cm³/mol. The maximum absolute atomic E-state index is 10.7. The first-order valence-electron chi connectivity index (χ1n) is 5.63. The Morgan fingerprint density at radius 3 is 2.67 bits per heavy atom. The molecule has 0 aliphatic rings. The van der Waals surface area contributed by atoms with Gasteiger partial charge in [-0.05, 0) is 32.9 Å². The minimum absolute atomic E-state index is 0.351. The summed E-state index contributed by atoms with van der Waals surface area (Å²) in [6, 6.07) is 4.96. The number of nitroso groups, excluding NO2 is 1. The number of nitrogens with zero attached hydrogens (tertiary/aromatic N) is 2. The van der Waals surface area contributed by atoms with Crippen molar-refractivity contribution < 1.29 is 9.62 Å². The molecule has 5 heteroatoms. The molecule has 0 spiro atoms. The zero-order valence-electron chi connectivity index (χ0n) is 10.5. The molecule has 5 nitrogen and oxygen atoms in total. The van der Waals surface area contributed by atoms with Gasteiger partial charge in [-0.3, -0.25) is 0 Å². The third-order valence-corrected chi connectivity index (χ3v) is 2.96. The van der Waals surface area contributed by atoms with Crippen molar-refractivity contribution in [1.29, 1.82) is 0 Å². The standard InChI is InChI=1S/C13H14N2O3/c1-7-4-5-11-10(6-7)13(15-17)12(8(2)14-16)9(3)18-11/h4-6,8,17H,1-3H3. The minimum atomic E-state index is -0.621. The number of benzene rings is 1. The first-order chi connectivity index (χ1) is 8.58.